The van der Waals surface area contributed by atoms with E-state index in [1.807, 2.05) is 6.07 Å². The zero-order valence-corrected chi connectivity index (χ0v) is 9.93. The Labute approximate surface area is 100 Å². The maximum Gasteiger partial charge on any atom is 0.230 e. The molecule has 17 heavy (non-hydrogen) atoms. The van der Waals surface area contributed by atoms with Crippen molar-refractivity contribution >= 4 is 11.7 Å². The van der Waals surface area contributed by atoms with Gasteiger partial charge in [-0.25, -0.2) is 0 Å². The second-order valence-electron chi connectivity index (χ2n) is 3.94. The van der Waals surface area contributed by atoms with Gasteiger partial charge in [-0.2, -0.15) is 5.26 Å². The van der Waals surface area contributed by atoms with E-state index in [0.717, 1.165) is 5.56 Å². The predicted molar refractivity (Wildman–Crippen MR) is 62.9 cm³/mol. The number of hydrogen-bond donors (Lipinski definition) is 0. The number of Topliss-reactive ketones (excluding diaryl/α,β-unsaturated/α-hetero) is 1. The van der Waals surface area contributed by atoms with Crippen LogP contribution in [0.5, 0.6) is 0 Å². The third-order valence-corrected chi connectivity index (χ3v) is 2.33. The van der Waals surface area contributed by atoms with Crippen LogP contribution in [0.2, 0.25) is 0 Å². The van der Waals surface area contributed by atoms with Crippen LogP contribution < -0.4 is 0 Å². The zero-order valence-electron chi connectivity index (χ0n) is 9.93. The number of rotatable bonds is 4. The van der Waals surface area contributed by atoms with Gasteiger partial charge in [0.2, 0.25) is 5.91 Å². The van der Waals surface area contributed by atoms with Crippen molar-refractivity contribution in [3.8, 4) is 6.07 Å². The lowest BCUT2D eigenvalue weighted by Crippen LogP contribution is -2.27. The SMILES string of the molecule is CC(=O)CC(=O)N(C)Cc1ccc(C#N)cc1. The highest BCUT2D eigenvalue weighted by Crippen LogP contribution is 2.07. The first kappa shape index (κ1) is 12.9. The van der Waals surface area contributed by atoms with Crippen LogP contribution in [0.1, 0.15) is 24.5 Å². The van der Waals surface area contributed by atoms with E-state index in [0.29, 0.717) is 12.1 Å². The lowest BCUT2D eigenvalue weighted by atomic mass is 10.1. The van der Waals surface area contributed by atoms with E-state index in [1.165, 1.54) is 11.8 Å². The molecule has 0 aliphatic carbocycles. The molecule has 1 aromatic carbocycles. The average molecular weight is 230 g/mol. The Morgan fingerprint density at radius 1 is 1.29 bits per heavy atom. The number of carbonyl (C=O) groups excluding carboxylic acids is 2. The summed E-state index contributed by atoms with van der Waals surface area (Å²) >= 11 is 0. The Morgan fingerprint density at radius 2 is 1.88 bits per heavy atom. The number of benzene rings is 1. The van der Waals surface area contributed by atoms with Crippen molar-refractivity contribution < 1.29 is 9.59 Å². The fourth-order valence-corrected chi connectivity index (χ4v) is 1.39. The standard InChI is InChI=1S/C13H14N2O2/c1-10(16)7-13(17)15(2)9-12-5-3-11(8-14)4-6-12/h3-6H,7,9H2,1-2H3. The number of nitriles is 1. The Kier molecular flexibility index (Phi) is 4.41. The number of nitrogens with zero attached hydrogens (tertiary/aromatic N) is 2. The summed E-state index contributed by atoms with van der Waals surface area (Å²) in [6.07, 6.45) is -0.0627. The molecule has 0 aliphatic rings. The summed E-state index contributed by atoms with van der Waals surface area (Å²) in [6.45, 7) is 1.84. The minimum absolute atomic E-state index is 0.0627. The Morgan fingerprint density at radius 3 is 2.35 bits per heavy atom. The molecule has 1 aromatic rings. The molecule has 0 unspecified atom stereocenters. The normalized spacial score (nSPS) is 9.47. The number of ketones is 1. The van der Waals surface area contributed by atoms with Gasteiger partial charge >= 0.3 is 0 Å². The highest BCUT2D eigenvalue weighted by Gasteiger charge is 2.11. The Bertz CT molecular complexity index is 457. The molecular formula is C13H14N2O2. The van der Waals surface area contributed by atoms with Crippen LogP contribution >= 0.6 is 0 Å². The minimum atomic E-state index is -0.193. The summed E-state index contributed by atoms with van der Waals surface area (Å²) in [5.74, 6) is -0.330. The number of amides is 1. The van der Waals surface area contributed by atoms with E-state index in [-0.39, 0.29) is 18.1 Å². The molecular weight excluding hydrogens is 216 g/mol. The van der Waals surface area contributed by atoms with Crippen molar-refractivity contribution in [2.24, 2.45) is 0 Å². The Hall–Kier alpha value is -2.15. The molecule has 0 spiro atoms. The molecule has 0 aliphatic heterocycles. The maximum absolute atomic E-state index is 11.5. The van der Waals surface area contributed by atoms with Gasteiger partial charge in [0.15, 0.2) is 0 Å². The molecule has 0 heterocycles. The highest BCUT2D eigenvalue weighted by molar-refractivity contribution is 5.96. The summed E-state index contributed by atoms with van der Waals surface area (Å²) in [7, 11) is 1.66. The van der Waals surface area contributed by atoms with Crippen molar-refractivity contribution in [3.05, 3.63) is 35.4 Å². The molecule has 88 valence electrons. The molecule has 0 N–H and O–H groups in total. The van der Waals surface area contributed by atoms with Crippen LogP contribution in [-0.4, -0.2) is 23.6 Å². The van der Waals surface area contributed by atoms with Crippen LogP contribution in [-0.2, 0) is 16.1 Å². The number of hydrogen-bond acceptors (Lipinski definition) is 3. The maximum atomic E-state index is 11.5. The molecule has 4 heteroatoms. The minimum Gasteiger partial charge on any atom is -0.341 e. The molecule has 0 fully saturated rings. The topological polar surface area (TPSA) is 61.2 Å². The molecule has 4 nitrogen and oxygen atoms in total. The van der Waals surface area contributed by atoms with Gasteiger partial charge in [-0.05, 0) is 24.6 Å². The van der Waals surface area contributed by atoms with Crippen LogP contribution in [0.3, 0.4) is 0 Å². The van der Waals surface area contributed by atoms with Crippen molar-refractivity contribution in [2.45, 2.75) is 19.9 Å². The van der Waals surface area contributed by atoms with Gasteiger partial charge in [-0.3, -0.25) is 9.59 Å². The van der Waals surface area contributed by atoms with E-state index in [9.17, 15) is 9.59 Å². The molecule has 0 bridgehead atoms. The summed E-state index contributed by atoms with van der Waals surface area (Å²) in [4.78, 5) is 23.8. The lowest BCUT2D eigenvalue weighted by molar-refractivity contribution is -0.134. The monoisotopic (exact) mass is 230 g/mol. The van der Waals surface area contributed by atoms with E-state index < -0.39 is 0 Å². The molecule has 0 atom stereocenters. The first-order valence-corrected chi connectivity index (χ1v) is 5.25. The lowest BCUT2D eigenvalue weighted by Gasteiger charge is -2.16. The van der Waals surface area contributed by atoms with Crippen molar-refractivity contribution in [3.63, 3.8) is 0 Å². The fourth-order valence-electron chi connectivity index (χ4n) is 1.39. The zero-order chi connectivity index (χ0) is 12.8. The average Bonchev–Trinajstić information content (AvgIpc) is 2.29. The Balaban J connectivity index is 2.61. The van der Waals surface area contributed by atoms with Crippen LogP contribution in [0.15, 0.2) is 24.3 Å². The van der Waals surface area contributed by atoms with Crippen LogP contribution in [0.25, 0.3) is 0 Å². The molecule has 0 saturated heterocycles. The van der Waals surface area contributed by atoms with Crippen LogP contribution in [0, 0.1) is 11.3 Å². The van der Waals surface area contributed by atoms with E-state index >= 15 is 0 Å². The van der Waals surface area contributed by atoms with Gasteiger partial charge in [-0.1, -0.05) is 12.1 Å². The molecule has 1 rings (SSSR count). The van der Waals surface area contributed by atoms with Crippen molar-refractivity contribution in [1.82, 2.24) is 4.90 Å². The summed E-state index contributed by atoms with van der Waals surface area (Å²) in [5, 5.41) is 8.65. The fraction of sp³-hybridized carbons (Fsp3) is 0.308. The first-order valence-electron chi connectivity index (χ1n) is 5.25. The molecule has 0 radical (unpaired) electrons. The van der Waals surface area contributed by atoms with Gasteiger partial charge in [-0.15, -0.1) is 0 Å². The third-order valence-electron chi connectivity index (χ3n) is 2.33. The van der Waals surface area contributed by atoms with Gasteiger partial charge in [0.1, 0.15) is 5.78 Å². The van der Waals surface area contributed by atoms with E-state index in [2.05, 4.69) is 0 Å². The van der Waals surface area contributed by atoms with E-state index in [1.54, 1.807) is 31.3 Å². The summed E-state index contributed by atoms with van der Waals surface area (Å²) in [5.41, 5.74) is 1.52. The van der Waals surface area contributed by atoms with Crippen LogP contribution in [0.4, 0.5) is 0 Å². The van der Waals surface area contributed by atoms with Gasteiger partial charge in [0, 0.05) is 13.6 Å². The second-order valence-corrected chi connectivity index (χ2v) is 3.94. The molecule has 0 aromatic heterocycles. The smallest absolute Gasteiger partial charge is 0.230 e. The number of carbonyl (C=O) groups is 2. The largest absolute Gasteiger partial charge is 0.341 e. The van der Waals surface area contributed by atoms with E-state index in [4.69, 9.17) is 5.26 Å². The predicted octanol–water partition coefficient (Wildman–Crippen LogP) is 1.50. The summed E-state index contributed by atoms with van der Waals surface area (Å²) < 4.78 is 0. The first-order chi connectivity index (χ1) is 8.02. The van der Waals surface area contributed by atoms with Gasteiger partial charge in [0.25, 0.3) is 0 Å². The summed E-state index contributed by atoms with van der Waals surface area (Å²) in [6, 6.07) is 9.05. The third kappa shape index (κ3) is 4.07. The second kappa shape index (κ2) is 5.80. The van der Waals surface area contributed by atoms with Gasteiger partial charge < -0.3 is 4.90 Å². The quantitative estimate of drug-likeness (QED) is 0.736. The van der Waals surface area contributed by atoms with Crippen molar-refractivity contribution in [1.29, 1.82) is 5.26 Å². The highest BCUT2D eigenvalue weighted by atomic mass is 16.2. The molecule has 1 amide bonds. The molecule has 0 saturated carbocycles. The van der Waals surface area contributed by atoms with Gasteiger partial charge in [0.05, 0.1) is 18.1 Å². The van der Waals surface area contributed by atoms with Crippen molar-refractivity contribution in [2.75, 3.05) is 7.05 Å².